The number of fused-ring (bicyclic) bond motifs is 4. The lowest BCUT2D eigenvalue weighted by molar-refractivity contribution is -0.209. The molecule has 3 aliphatic rings. The summed E-state index contributed by atoms with van der Waals surface area (Å²) in [5.41, 5.74) is 12.0. The van der Waals surface area contributed by atoms with Gasteiger partial charge in [0.05, 0.1) is 38.0 Å². The number of rotatable bonds is 2. The molecule has 7 rings (SSSR count). The van der Waals surface area contributed by atoms with Crippen LogP contribution in [0.5, 0.6) is 0 Å². The van der Waals surface area contributed by atoms with Crippen LogP contribution < -0.4 is 43.7 Å². The molecule has 0 amide bonds. The van der Waals surface area contributed by atoms with Crippen LogP contribution in [0.3, 0.4) is 0 Å². The molecule has 3 saturated heterocycles. The SMILES string of the molecule is Nc1ncnc2c1ncn2[C@@H]1O[C@@H]2COP(=O)([O-])N[C@H]3[C@@H](F)[C@H](n4cnc5c(N)ncnc54)O[C@@H]3COP(=O)([O-])N[C@H]2[C@H]1F.[NH4+].[NH4+]. The highest BCUT2D eigenvalue weighted by Crippen LogP contribution is 2.46. The quantitative estimate of drug-likeness (QED) is 0.136. The van der Waals surface area contributed by atoms with E-state index >= 15 is 8.78 Å². The van der Waals surface area contributed by atoms with Gasteiger partial charge < -0.3 is 52.1 Å². The first-order valence-electron chi connectivity index (χ1n) is 12.8. The minimum Gasteiger partial charge on any atom is -0.766 e. The van der Waals surface area contributed by atoms with Crippen LogP contribution >= 0.6 is 15.5 Å². The first kappa shape index (κ1) is 34.0. The summed E-state index contributed by atoms with van der Waals surface area (Å²) in [5.74, 6) is 0.0106. The minimum absolute atomic E-state index is 0. The van der Waals surface area contributed by atoms with E-state index in [9.17, 15) is 18.9 Å². The molecule has 2 unspecified atom stereocenters. The number of aromatic nitrogens is 8. The van der Waals surface area contributed by atoms with Gasteiger partial charge in [-0.2, -0.15) is 0 Å². The van der Waals surface area contributed by atoms with Crippen LogP contribution in [-0.4, -0.2) is 88.9 Å². The van der Waals surface area contributed by atoms with Crippen molar-refractivity contribution in [1.29, 1.82) is 0 Å². The van der Waals surface area contributed by atoms with Gasteiger partial charge in [0.2, 0.25) is 15.5 Å². The summed E-state index contributed by atoms with van der Waals surface area (Å²) in [6, 6.07) is -3.38. The van der Waals surface area contributed by atoms with E-state index in [1.165, 1.54) is 0 Å². The predicted octanol–water partition coefficient (Wildman–Crippen LogP) is -1.05. The summed E-state index contributed by atoms with van der Waals surface area (Å²) in [7, 11) is -10.2. The molecule has 4 aromatic heterocycles. The number of ether oxygens (including phenoxy) is 2. The van der Waals surface area contributed by atoms with Gasteiger partial charge in [-0.05, 0) is 0 Å². The highest BCUT2D eigenvalue weighted by Gasteiger charge is 2.51. The average molecular weight is 694 g/mol. The standard InChI is InChI=1S/C20H24F2N12O8P2.2H3N/c21-9-11-7(41-19(9)33-5-29-13-15(23)25-3-27-17(13)33)1-39-43(35,36)32-12-8(2-40-44(37,38)31-11)42-20(10(12)22)34-6-30-14-16(24)26-4-28-18(14)34;;/h3-12,19-20H,1-2H2,(H2,23,25,27)(H2,24,26,28)(H2,31,37,38)(H2,32,35,36);2*1H3/t7-,8-,9-,10-,11-,12-,19-,20-;;/m1../s1. The zero-order chi connectivity index (χ0) is 31.0. The lowest BCUT2D eigenvalue weighted by atomic mass is 10.1. The largest absolute Gasteiger partial charge is 0.766 e. The lowest BCUT2D eigenvalue weighted by Gasteiger charge is -2.35. The molecule has 0 saturated carbocycles. The van der Waals surface area contributed by atoms with Gasteiger partial charge in [-0.25, -0.2) is 48.9 Å². The van der Waals surface area contributed by atoms with Crippen molar-refractivity contribution in [3.63, 3.8) is 0 Å². The Labute approximate surface area is 256 Å². The minimum atomic E-state index is -5.11. The van der Waals surface area contributed by atoms with Gasteiger partial charge >= 0.3 is 0 Å². The Hall–Kier alpha value is -3.38. The highest BCUT2D eigenvalue weighted by molar-refractivity contribution is 7.49. The molecule has 26 heteroatoms. The van der Waals surface area contributed by atoms with Gasteiger partial charge in [-0.15, -0.1) is 0 Å². The van der Waals surface area contributed by atoms with Crippen LogP contribution in [0.1, 0.15) is 12.5 Å². The van der Waals surface area contributed by atoms with Crippen LogP contribution in [0.25, 0.3) is 22.3 Å². The summed E-state index contributed by atoms with van der Waals surface area (Å²) in [4.78, 5) is 49.7. The van der Waals surface area contributed by atoms with E-state index < -0.39 is 77.8 Å². The van der Waals surface area contributed by atoms with Gasteiger partial charge in [0.25, 0.3) is 0 Å². The fraction of sp³-hybridized carbons (Fsp3) is 0.500. The first-order valence-corrected chi connectivity index (χ1v) is 15.9. The van der Waals surface area contributed by atoms with Crippen molar-refractivity contribution < 1.29 is 46.2 Å². The maximum absolute atomic E-state index is 15.9. The summed E-state index contributed by atoms with van der Waals surface area (Å²) >= 11 is 0. The van der Waals surface area contributed by atoms with Crippen molar-refractivity contribution >= 4 is 49.5 Å². The molecule has 10 atom stereocenters. The third-order valence-electron chi connectivity index (χ3n) is 7.41. The molecular weight excluding hydrogens is 664 g/mol. The number of hydrogen-bond donors (Lipinski definition) is 6. The van der Waals surface area contributed by atoms with E-state index in [-0.39, 0.29) is 46.3 Å². The van der Waals surface area contributed by atoms with Gasteiger partial charge in [0, 0.05) is 0 Å². The smallest absolute Gasteiger partial charge is 0.204 e. The van der Waals surface area contributed by atoms with Crippen LogP contribution in [0, 0.1) is 0 Å². The number of nitrogens with zero attached hydrogens (tertiary/aromatic N) is 8. The Morgan fingerprint density at radius 3 is 1.52 bits per heavy atom. The molecule has 46 heavy (non-hydrogen) atoms. The molecule has 0 bridgehead atoms. The van der Waals surface area contributed by atoms with Gasteiger partial charge in [-0.3, -0.25) is 18.3 Å². The van der Waals surface area contributed by atoms with E-state index in [0.29, 0.717) is 0 Å². The van der Waals surface area contributed by atoms with E-state index in [4.69, 9.17) is 30.0 Å². The number of nitrogens with one attached hydrogen (secondary N) is 2. The number of quaternary nitrogens is 2. The number of halogens is 2. The Morgan fingerprint density at radius 1 is 0.739 bits per heavy atom. The number of imidazole rings is 2. The summed E-state index contributed by atoms with van der Waals surface area (Å²) in [6.07, 6.45) is -5.78. The third-order valence-corrected chi connectivity index (χ3v) is 9.62. The number of alkyl halides is 2. The molecule has 3 aliphatic heterocycles. The Morgan fingerprint density at radius 2 is 1.13 bits per heavy atom. The van der Waals surface area contributed by atoms with Crippen molar-refractivity contribution in [2.75, 3.05) is 24.7 Å². The Kier molecular flexibility index (Phi) is 9.11. The third kappa shape index (κ3) is 5.83. The monoisotopic (exact) mass is 694 g/mol. The molecular formula is C20H30F2N14O8P2. The van der Waals surface area contributed by atoms with Crippen molar-refractivity contribution in [2.24, 2.45) is 0 Å². The topological polar surface area (TPSA) is 353 Å². The van der Waals surface area contributed by atoms with Crippen LogP contribution in [0.2, 0.25) is 0 Å². The first-order chi connectivity index (χ1) is 20.9. The number of hydrogen-bond acceptors (Lipinski definition) is 16. The molecule has 252 valence electrons. The molecule has 3 fully saturated rings. The van der Waals surface area contributed by atoms with Crippen molar-refractivity contribution in [3.05, 3.63) is 25.3 Å². The van der Waals surface area contributed by atoms with Crippen molar-refractivity contribution in [1.82, 2.24) is 61.5 Å². The molecule has 14 N–H and O–H groups in total. The normalized spacial score (nSPS) is 36.6. The lowest BCUT2D eigenvalue weighted by Crippen LogP contribution is -2.48. The van der Waals surface area contributed by atoms with Gasteiger partial charge in [0.1, 0.15) is 35.9 Å². The van der Waals surface area contributed by atoms with Crippen molar-refractivity contribution in [3.8, 4) is 0 Å². The predicted molar refractivity (Wildman–Crippen MR) is 150 cm³/mol. The van der Waals surface area contributed by atoms with E-state index in [1.807, 2.05) is 0 Å². The van der Waals surface area contributed by atoms with Gasteiger partial charge in [-0.1, -0.05) is 0 Å². The number of nitrogens with two attached hydrogens (primary N) is 2. The fourth-order valence-electron chi connectivity index (χ4n) is 5.37. The molecule has 0 aliphatic carbocycles. The molecule has 0 spiro atoms. The zero-order valence-corrected chi connectivity index (χ0v) is 25.8. The van der Waals surface area contributed by atoms with Crippen LogP contribution in [0.15, 0.2) is 25.3 Å². The van der Waals surface area contributed by atoms with Crippen LogP contribution in [0.4, 0.5) is 20.4 Å². The maximum atomic E-state index is 15.9. The van der Waals surface area contributed by atoms with E-state index in [1.54, 1.807) is 0 Å². The summed E-state index contributed by atoms with van der Waals surface area (Å²) in [6.45, 7) is -1.74. The van der Waals surface area contributed by atoms with Gasteiger partial charge in [0.15, 0.2) is 47.7 Å². The van der Waals surface area contributed by atoms with Crippen molar-refractivity contribution in [2.45, 2.75) is 49.1 Å². The second-order valence-electron chi connectivity index (χ2n) is 10.1. The Balaban J connectivity index is 0.00000208. The van der Waals surface area contributed by atoms with E-state index in [0.717, 1.165) is 34.4 Å². The average Bonchev–Trinajstić information content (AvgIpc) is 3.73. The zero-order valence-electron chi connectivity index (χ0n) is 24.0. The molecule has 0 radical (unpaired) electrons. The highest BCUT2D eigenvalue weighted by atomic mass is 31.2. The maximum Gasteiger partial charge on any atom is 0.204 e. The van der Waals surface area contributed by atoms with E-state index in [2.05, 4.69) is 40.1 Å². The second-order valence-corrected chi connectivity index (χ2v) is 13.1. The summed E-state index contributed by atoms with van der Waals surface area (Å²) < 4.78 is 81.5. The Bertz CT molecular complexity index is 1710. The molecule has 0 aromatic carbocycles. The van der Waals surface area contributed by atoms with Crippen LogP contribution in [-0.2, 0) is 27.7 Å². The summed E-state index contributed by atoms with van der Waals surface area (Å²) in [5, 5.41) is 4.12. The molecule has 4 aromatic rings. The number of anilines is 2. The molecule has 22 nitrogen and oxygen atoms in total. The molecule has 7 heterocycles. The fourth-order valence-corrected chi connectivity index (χ4v) is 7.55. The second kappa shape index (κ2) is 12.3. The number of nitrogen functional groups attached to an aromatic ring is 2.